The third kappa shape index (κ3) is 10.7. The Kier molecular flexibility index (Phi) is 12.4. The highest BCUT2D eigenvalue weighted by atomic mass is 79.9. The molecular weight excluding hydrogens is 368 g/mol. The lowest BCUT2D eigenvalue weighted by atomic mass is 9.88. The Labute approximate surface area is 147 Å². The van der Waals surface area contributed by atoms with Crippen molar-refractivity contribution in [1.82, 2.24) is 0 Å². The number of halogens is 1. The summed E-state index contributed by atoms with van der Waals surface area (Å²) in [7, 11) is 1.59. The molecule has 0 heterocycles. The van der Waals surface area contributed by atoms with E-state index >= 15 is 0 Å². The van der Waals surface area contributed by atoms with Gasteiger partial charge in [-0.15, -0.1) is 0 Å². The molecule has 0 saturated carbocycles. The quantitative estimate of drug-likeness (QED) is 0.270. The molecule has 1 unspecified atom stereocenters. The summed E-state index contributed by atoms with van der Waals surface area (Å²) in [6.45, 7) is 7.39. The molecule has 0 N–H and O–H groups in total. The van der Waals surface area contributed by atoms with Gasteiger partial charge in [0.15, 0.2) is 0 Å². The molecule has 0 aromatic carbocycles. The summed E-state index contributed by atoms with van der Waals surface area (Å²) < 4.78 is 20.4. The molecule has 0 aliphatic rings. The summed E-state index contributed by atoms with van der Waals surface area (Å²) >= 11 is 3.29. The van der Waals surface area contributed by atoms with Crippen LogP contribution in [0.2, 0.25) is 0 Å². The van der Waals surface area contributed by atoms with Crippen LogP contribution in [0.25, 0.3) is 0 Å². The van der Waals surface area contributed by atoms with Crippen molar-refractivity contribution in [2.75, 3.05) is 40.1 Å². The van der Waals surface area contributed by atoms with Crippen LogP contribution in [-0.2, 0) is 28.5 Å². The maximum Gasteiger partial charge on any atom is 0.319 e. The summed E-state index contributed by atoms with van der Waals surface area (Å²) in [5.41, 5.74) is -0.787. The van der Waals surface area contributed by atoms with Crippen LogP contribution in [0.1, 0.15) is 40.0 Å². The average molecular weight is 397 g/mol. The van der Waals surface area contributed by atoms with Crippen molar-refractivity contribution < 1.29 is 28.5 Å². The first-order valence-electron chi connectivity index (χ1n) is 7.89. The highest BCUT2D eigenvalue weighted by Gasteiger charge is 2.34. The summed E-state index contributed by atoms with van der Waals surface area (Å²) in [4.78, 5) is 23.4. The zero-order chi connectivity index (χ0) is 17.7. The summed E-state index contributed by atoms with van der Waals surface area (Å²) in [6.07, 6.45) is 2.10. The molecule has 7 heteroatoms. The zero-order valence-corrected chi connectivity index (χ0v) is 16.1. The van der Waals surface area contributed by atoms with Gasteiger partial charge in [0.1, 0.15) is 11.4 Å². The fraction of sp³-hybridized carbons (Fsp3) is 0.875. The fourth-order valence-electron chi connectivity index (χ4n) is 1.66. The minimum absolute atomic E-state index is 0.180. The number of rotatable bonds is 13. The Balaban J connectivity index is 4.08. The molecule has 136 valence electrons. The molecule has 0 saturated heterocycles. The average Bonchev–Trinajstić information content (AvgIpc) is 2.50. The molecule has 1 atom stereocenters. The molecule has 0 aliphatic carbocycles. The van der Waals surface area contributed by atoms with E-state index in [0.29, 0.717) is 32.8 Å². The Morgan fingerprint density at radius 1 is 1.04 bits per heavy atom. The largest absolute Gasteiger partial charge is 0.465 e. The van der Waals surface area contributed by atoms with Crippen molar-refractivity contribution in [1.29, 1.82) is 0 Å². The first-order chi connectivity index (χ1) is 10.8. The van der Waals surface area contributed by atoms with Crippen LogP contribution in [0.15, 0.2) is 0 Å². The van der Waals surface area contributed by atoms with Gasteiger partial charge in [0, 0.05) is 7.11 Å². The van der Waals surface area contributed by atoms with Crippen LogP contribution in [0.5, 0.6) is 0 Å². The van der Waals surface area contributed by atoms with Gasteiger partial charge < -0.3 is 18.9 Å². The van der Waals surface area contributed by atoms with Crippen LogP contribution in [0.3, 0.4) is 0 Å². The van der Waals surface area contributed by atoms with E-state index < -0.39 is 10.2 Å². The Morgan fingerprint density at radius 3 is 2.30 bits per heavy atom. The second-order valence-electron chi connectivity index (χ2n) is 5.82. The molecule has 0 aliphatic heterocycles. The van der Waals surface area contributed by atoms with Crippen LogP contribution in [0.4, 0.5) is 0 Å². The Morgan fingerprint density at radius 2 is 1.70 bits per heavy atom. The van der Waals surface area contributed by atoms with Gasteiger partial charge in [-0.1, -0.05) is 29.3 Å². The number of hydrogen-bond donors (Lipinski definition) is 0. The fourth-order valence-corrected chi connectivity index (χ4v) is 2.60. The third-order valence-electron chi connectivity index (χ3n) is 3.13. The van der Waals surface area contributed by atoms with Gasteiger partial charge in [0.25, 0.3) is 0 Å². The lowest BCUT2D eigenvalue weighted by molar-refractivity contribution is -0.156. The number of ether oxygens (including phenoxy) is 4. The molecule has 0 amide bonds. The lowest BCUT2D eigenvalue weighted by Gasteiger charge is -2.24. The van der Waals surface area contributed by atoms with Crippen LogP contribution in [-0.4, -0.2) is 56.9 Å². The van der Waals surface area contributed by atoms with E-state index in [1.54, 1.807) is 21.0 Å². The van der Waals surface area contributed by atoms with E-state index in [9.17, 15) is 9.59 Å². The molecule has 0 bridgehead atoms. The van der Waals surface area contributed by atoms with Crippen molar-refractivity contribution in [3.05, 3.63) is 0 Å². The molecule has 0 radical (unpaired) electrons. The van der Waals surface area contributed by atoms with E-state index in [-0.39, 0.29) is 18.5 Å². The number of alkyl halides is 1. The highest BCUT2D eigenvalue weighted by Crippen LogP contribution is 2.28. The first-order valence-corrected chi connectivity index (χ1v) is 8.81. The van der Waals surface area contributed by atoms with Crippen molar-refractivity contribution in [2.45, 2.75) is 44.9 Å². The van der Waals surface area contributed by atoms with Gasteiger partial charge in [0.2, 0.25) is 0 Å². The van der Waals surface area contributed by atoms with Gasteiger partial charge >= 0.3 is 11.9 Å². The SMILES string of the molecule is CCCCOC(=O)C(Br)CC(C)(C)C(=O)OCCOCCOC. The smallest absolute Gasteiger partial charge is 0.319 e. The van der Waals surface area contributed by atoms with E-state index in [1.165, 1.54) is 0 Å². The monoisotopic (exact) mass is 396 g/mol. The van der Waals surface area contributed by atoms with Crippen LogP contribution < -0.4 is 0 Å². The normalized spacial score (nSPS) is 12.7. The number of carbonyl (C=O) groups excluding carboxylic acids is 2. The summed E-state index contributed by atoms with van der Waals surface area (Å²) in [5.74, 6) is -0.708. The molecule has 0 spiro atoms. The number of hydrogen-bond acceptors (Lipinski definition) is 6. The van der Waals surface area contributed by atoms with Crippen molar-refractivity contribution in [3.63, 3.8) is 0 Å². The van der Waals surface area contributed by atoms with Gasteiger partial charge in [-0.25, -0.2) is 0 Å². The number of methoxy groups -OCH3 is 1. The Bertz CT molecular complexity index is 345. The van der Waals surface area contributed by atoms with Gasteiger partial charge in [-0.2, -0.15) is 0 Å². The predicted octanol–water partition coefficient (Wildman–Crippen LogP) is 2.72. The molecule has 0 aromatic heterocycles. The maximum absolute atomic E-state index is 12.1. The van der Waals surface area contributed by atoms with E-state index in [4.69, 9.17) is 18.9 Å². The number of unbranched alkanes of at least 4 members (excludes halogenated alkanes) is 1. The maximum atomic E-state index is 12.1. The number of carbonyl (C=O) groups is 2. The first kappa shape index (κ1) is 22.3. The summed E-state index contributed by atoms with van der Waals surface area (Å²) in [6, 6.07) is 0. The topological polar surface area (TPSA) is 71.1 Å². The highest BCUT2D eigenvalue weighted by molar-refractivity contribution is 9.10. The lowest BCUT2D eigenvalue weighted by Crippen LogP contribution is -2.33. The van der Waals surface area contributed by atoms with Crippen LogP contribution in [0, 0.1) is 5.41 Å². The van der Waals surface area contributed by atoms with E-state index in [2.05, 4.69) is 15.9 Å². The van der Waals surface area contributed by atoms with E-state index in [0.717, 1.165) is 12.8 Å². The Hall–Kier alpha value is -0.660. The molecule has 0 fully saturated rings. The molecule has 0 rings (SSSR count). The predicted molar refractivity (Wildman–Crippen MR) is 90.6 cm³/mol. The second kappa shape index (κ2) is 12.7. The molecule has 6 nitrogen and oxygen atoms in total. The number of esters is 2. The van der Waals surface area contributed by atoms with Crippen molar-refractivity contribution in [2.24, 2.45) is 5.41 Å². The van der Waals surface area contributed by atoms with Crippen molar-refractivity contribution >= 4 is 27.9 Å². The van der Waals surface area contributed by atoms with Gasteiger partial charge in [0.05, 0.1) is 31.8 Å². The minimum atomic E-state index is -0.787. The second-order valence-corrected chi connectivity index (χ2v) is 6.92. The minimum Gasteiger partial charge on any atom is -0.465 e. The molecule has 23 heavy (non-hydrogen) atoms. The van der Waals surface area contributed by atoms with Gasteiger partial charge in [-0.3, -0.25) is 9.59 Å². The van der Waals surface area contributed by atoms with Crippen molar-refractivity contribution in [3.8, 4) is 0 Å². The molecule has 0 aromatic rings. The third-order valence-corrected chi connectivity index (χ3v) is 3.83. The van der Waals surface area contributed by atoms with Crippen LogP contribution >= 0.6 is 15.9 Å². The molecular formula is C16H29BrO6. The standard InChI is InChI=1S/C16H29BrO6/c1-5-6-7-22-14(18)13(17)12-16(2,3)15(19)23-11-10-21-9-8-20-4/h13H,5-12H2,1-4H3. The summed E-state index contributed by atoms with van der Waals surface area (Å²) in [5, 5.41) is 0. The zero-order valence-electron chi connectivity index (χ0n) is 14.6. The van der Waals surface area contributed by atoms with E-state index in [1.807, 2.05) is 6.92 Å². The van der Waals surface area contributed by atoms with Gasteiger partial charge in [-0.05, 0) is 26.7 Å².